The zero-order chi connectivity index (χ0) is 15.1. The molecule has 110 valence electrons. The van der Waals surface area contributed by atoms with Crippen LogP contribution in [0.1, 0.15) is 40.2 Å². The third-order valence-corrected chi connectivity index (χ3v) is 10.5. The summed E-state index contributed by atoms with van der Waals surface area (Å²) in [5.41, 5.74) is 2.79. The van der Waals surface area contributed by atoms with Crippen LogP contribution in [0.25, 0.3) is 5.57 Å². The average Bonchev–Trinajstić information content (AvgIpc) is 2.66. The Bertz CT molecular complexity index is 508. The number of hydrogen-bond acceptors (Lipinski definition) is 1. The van der Waals surface area contributed by atoms with Crippen molar-refractivity contribution in [2.75, 3.05) is 0 Å². The van der Waals surface area contributed by atoms with Crippen LogP contribution in [-0.2, 0) is 4.74 Å². The normalized spacial score (nSPS) is 23.9. The molecule has 0 saturated carbocycles. The lowest BCUT2D eigenvalue weighted by molar-refractivity contribution is 0.146. The summed E-state index contributed by atoms with van der Waals surface area (Å²) in [5, 5.41) is 1.61. The highest BCUT2D eigenvalue weighted by molar-refractivity contribution is 6.87. The zero-order valence-corrected chi connectivity index (χ0v) is 14.9. The molecule has 1 heterocycles. The van der Waals surface area contributed by atoms with E-state index in [9.17, 15) is 0 Å². The number of benzene rings is 1. The summed E-state index contributed by atoms with van der Waals surface area (Å²) in [6.07, 6.45) is 0.286. The molecule has 2 atom stereocenters. The molecule has 0 aliphatic carbocycles. The quantitative estimate of drug-likeness (QED) is 0.653. The van der Waals surface area contributed by atoms with Crippen LogP contribution in [0, 0.1) is 5.92 Å². The highest BCUT2D eigenvalue weighted by Gasteiger charge is 2.46. The Kier molecular flexibility index (Phi) is 3.89. The van der Waals surface area contributed by atoms with Gasteiger partial charge in [-0.3, -0.25) is 0 Å². The molecule has 2 rings (SSSR count). The molecule has 0 fully saturated rings. The molecule has 0 spiro atoms. The molecule has 0 bridgehead atoms. The van der Waals surface area contributed by atoms with Crippen molar-refractivity contribution in [3.8, 4) is 0 Å². The van der Waals surface area contributed by atoms with E-state index in [-0.39, 0.29) is 6.10 Å². The molecule has 1 aromatic rings. The van der Waals surface area contributed by atoms with Gasteiger partial charge in [0.25, 0.3) is 0 Å². The van der Waals surface area contributed by atoms with Gasteiger partial charge in [-0.05, 0) is 23.1 Å². The molecule has 0 aromatic heterocycles. The second-order valence-electron chi connectivity index (χ2n) is 7.60. The summed E-state index contributed by atoms with van der Waals surface area (Å²) in [4.78, 5) is 0. The van der Waals surface area contributed by atoms with Gasteiger partial charge in [0.2, 0.25) is 0 Å². The van der Waals surface area contributed by atoms with Gasteiger partial charge in [-0.15, -0.1) is 0 Å². The number of ether oxygens (including phenoxy) is 1. The van der Waals surface area contributed by atoms with Crippen molar-refractivity contribution in [2.24, 2.45) is 5.92 Å². The predicted molar refractivity (Wildman–Crippen MR) is 90.3 cm³/mol. The highest BCUT2D eigenvalue weighted by Crippen LogP contribution is 2.49. The van der Waals surface area contributed by atoms with E-state index in [1.165, 1.54) is 16.5 Å². The van der Waals surface area contributed by atoms with Gasteiger partial charge in [0.05, 0.1) is 5.38 Å². The van der Waals surface area contributed by atoms with Gasteiger partial charge in [-0.25, -0.2) is 0 Å². The fourth-order valence-corrected chi connectivity index (χ4v) is 4.84. The summed E-state index contributed by atoms with van der Waals surface area (Å²) in [7, 11) is -1.64. The highest BCUT2D eigenvalue weighted by atomic mass is 28.3. The van der Waals surface area contributed by atoms with Crippen molar-refractivity contribution in [3.63, 3.8) is 0 Å². The summed E-state index contributed by atoms with van der Waals surface area (Å²) < 4.78 is 6.37. The maximum absolute atomic E-state index is 6.37. The third kappa shape index (κ3) is 2.46. The van der Waals surface area contributed by atoms with Crippen molar-refractivity contribution in [3.05, 3.63) is 41.3 Å². The van der Waals surface area contributed by atoms with Crippen molar-refractivity contribution < 1.29 is 4.74 Å². The first-order chi connectivity index (χ1) is 9.16. The molecule has 2 heteroatoms. The first-order valence-electron chi connectivity index (χ1n) is 7.63. The van der Waals surface area contributed by atoms with E-state index in [0.29, 0.717) is 11.0 Å². The topological polar surface area (TPSA) is 9.23 Å². The molecule has 0 saturated heterocycles. The van der Waals surface area contributed by atoms with Crippen LogP contribution >= 0.6 is 0 Å². The maximum atomic E-state index is 6.37. The van der Waals surface area contributed by atoms with Gasteiger partial charge in [-0.1, -0.05) is 71.1 Å². The van der Waals surface area contributed by atoms with E-state index in [0.717, 1.165) is 0 Å². The number of rotatable bonds is 2. The second-order valence-corrected chi connectivity index (χ2v) is 12.8. The third-order valence-electron chi connectivity index (χ3n) is 5.24. The van der Waals surface area contributed by atoms with Crippen LogP contribution in [0.4, 0.5) is 0 Å². The summed E-state index contributed by atoms with van der Waals surface area (Å²) in [6.45, 7) is 16.4. The minimum atomic E-state index is -1.64. The molecule has 2 unspecified atom stereocenters. The van der Waals surface area contributed by atoms with Crippen LogP contribution in [0.2, 0.25) is 18.1 Å². The Hall–Kier alpha value is -1.02. The van der Waals surface area contributed by atoms with Gasteiger partial charge in [0, 0.05) is 5.92 Å². The number of hydrogen-bond donors (Lipinski definition) is 0. The van der Waals surface area contributed by atoms with Gasteiger partial charge in [0.15, 0.2) is 0 Å². The van der Waals surface area contributed by atoms with Gasteiger partial charge in [0.1, 0.15) is 14.2 Å². The predicted octanol–water partition coefficient (Wildman–Crippen LogP) is 5.50. The van der Waals surface area contributed by atoms with E-state index in [1.54, 1.807) is 0 Å². The van der Waals surface area contributed by atoms with Gasteiger partial charge < -0.3 is 4.74 Å². The van der Waals surface area contributed by atoms with Crippen LogP contribution < -0.4 is 0 Å². The lowest BCUT2D eigenvalue weighted by Gasteiger charge is -2.38. The van der Waals surface area contributed by atoms with Crippen LogP contribution in [-0.4, -0.2) is 14.2 Å². The average molecular weight is 289 g/mol. The first-order valence-corrected chi connectivity index (χ1v) is 10.6. The maximum Gasteiger partial charge on any atom is 0.131 e. The summed E-state index contributed by atoms with van der Waals surface area (Å²) >= 11 is 0. The molecular weight excluding hydrogens is 260 g/mol. The van der Waals surface area contributed by atoms with E-state index in [4.69, 9.17) is 4.74 Å². The van der Waals surface area contributed by atoms with Crippen molar-refractivity contribution in [1.82, 2.24) is 0 Å². The van der Waals surface area contributed by atoms with Gasteiger partial charge in [-0.2, -0.15) is 0 Å². The molecule has 0 amide bonds. The first kappa shape index (κ1) is 15.4. The molecule has 1 aliphatic rings. The lowest BCUT2D eigenvalue weighted by atomic mass is 9.93. The molecule has 0 N–H and O–H groups in total. The Labute approximate surface area is 125 Å². The van der Waals surface area contributed by atoms with Crippen LogP contribution in [0.15, 0.2) is 35.7 Å². The zero-order valence-electron chi connectivity index (χ0n) is 13.9. The smallest absolute Gasteiger partial charge is 0.131 e. The van der Waals surface area contributed by atoms with Crippen molar-refractivity contribution in [1.29, 1.82) is 0 Å². The Morgan fingerprint density at radius 3 is 2.05 bits per heavy atom. The molecule has 1 aliphatic heterocycles. The standard InChI is InChI=1S/C18H28OSi/c1-13-14(2)19-17(20(6,7)18(3,4)5)16(13)15-11-9-8-10-12-15/h8-14H,1-7H3. The summed E-state index contributed by atoms with van der Waals surface area (Å²) in [6, 6.07) is 10.8. The Balaban J connectivity index is 2.59. The van der Waals surface area contributed by atoms with Gasteiger partial charge >= 0.3 is 0 Å². The van der Waals surface area contributed by atoms with E-state index in [2.05, 4.69) is 78.0 Å². The van der Waals surface area contributed by atoms with Crippen molar-refractivity contribution in [2.45, 2.75) is 58.9 Å². The molecule has 1 nitrogen and oxygen atoms in total. The SMILES string of the molecule is CC1OC([Si](C)(C)C(C)(C)C)=C(c2ccccc2)C1C. The van der Waals surface area contributed by atoms with E-state index in [1.807, 2.05) is 0 Å². The lowest BCUT2D eigenvalue weighted by Crippen LogP contribution is -2.40. The Morgan fingerprint density at radius 1 is 1.00 bits per heavy atom. The molecule has 0 radical (unpaired) electrons. The van der Waals surface area contributed by atoms with Crippen molar-refractivity contribution >= 4 is 13.6 Å². The minimum absolute atomic E-state index is 0.286. The fourth-order valence-electron chi connectivity index (χ4n) is 2.63. The Morgan fingerprint density at radius 2 is 1.55 bits per heavy atom. The van der Waals surface area contributed by atoms with E-state index >= 15 is 0 Å². The second kappa shape index (κ2) is 5.07. The minimum Gasteiger partial charge on any atom is -0.499 e. The fraction of sp³-hybridized carbons (Fsp3) is 0.556. The largest absolute Gasteiger partial charge is 0.499 e. The monoisotopic (exact) mass is 288 g/mol. The van der Waals surface area contributed by atoms with Crippen LogP contribution in [0.5, 0.6) is 0 Å². The molecular formula is C18H28OSi. The molecule has 1 aromatic carbocycles. The molecule has 20 heavy (non-hydrogen) atoms. The van der Waals surface area contributed by atoms with Crippen LogP contribution in [0.3, 0.4) is 0 Å². The van der Waals surface area contributed by atoms with E-state index < -0.39 is 8.07 Å². The summed E-state index contributed by atoms with van der Waals surface area (Å²) in [5.74, 6) is 0.474.